The molecule has 0 fully saturated rings. The summed E-state index contributed by atoms with van der Waals surface area (Å²) in [6.45, 7) is 1.51. The van der Waals surface area contributed by atoms with Gasteiger partial charge in [0.25, 0.3) is 11.6 Å². The minimum atomic E-state index is -0.888. The summed E-state index contributed by atoms with van der Waals surface area (Å²) in [4.78, 5) is 27.3. The summed E-state index contributed by atoms with van der Waals surface area (Å²) in [6.07, 6.45) is 0.397. The first-order chi connectivity index (χ1) is 12.0. The molecule has 0 aliphatic heterocycles. The van der Waals surface area contributed by atoms with Crippen molar-refractivity contribution in [3.8, 4) is 6.07 Å². The zero-order valence-corrected chi connectivity index (χ0v) is 13.2. The van der Waals surface area contributed by atoms with E-state index >= 15 is 0 Å². The van der Waals surface area contributed by atoms with Gasteiger partial charge >= 0.3 is 0 Å². The van der Waals surface area contributed by atoms with Crippen molar-refractivity contribution in [1.29, 1.82) is 5.26 Å². The Morgan fingerprint density at radius 3 is 2.84 bits per heavy atom. The van der Waals surface area contributed by atoms with Crippen molar-refractivity contribution < 1.29 is 14.6 Å². The Morgan fingerprint density at radius 1 is 1.36 bits per heavy atom. The minimum Gasteiger partial charge on any atom is -0.383 e. The van der Waals surface area contributed by atoms with Gasteiger partial charge < -0.3 is 10.2 Å². The van der Waals surface area contributed by atoms with E-state index in [1.165, 1.54) is 37.4 Å². The van der Waals surface area contributed by atoms with Gasteiger partial charge in [-0.25, -0.2) is 0 Å². The molecule has 0 saturated heterocycles. The fourth-order valence-electron chi connectivity index (χ4n) is 1.86. The number of carbonyl (C=O) groups excluding carboxylic acids is 1. The highest BCUT2D eigenvalue weighted by Crippen LogP contribution is 2.12. The first-order valence-corrected chi connectivity index (χ1v) is 7.24. The molecule has 8 heteroatoms. The maximum atomic E-state index is 12.0. The largest absolute Gasteiger partial charge is 0.383 e. The standard InChI is InChI=1S/C17H14N4O4/c1-12(17(22)20-15-6-2-4-13(8-15)10-18)25-19-11-14-5-3-7-16(9-14)21(23)24/h2-9,11-12H,1H3,(H,20,22)/b19-11-/t12-/m1/s1. The molecule has 0 bridgehead atoms. The molecule has 25 heavy (non-hydrogen) atoms. The van der Waals surface area contributed by atoms with Crippen LogP contribution in [0.5, 0.6) is 0 Å². The second kappa shape index (κ2) is 8.21. The van der Waals surface area contributed by atoms with Gasteiger partial charge in [0.15, 0.2) is 0 Å². The van der Waals surface area contributed by atoms with Gasteiger partial charge in [0.2, 0.25) is 6.10 Å². The molecule has 2 aromatic carbocycles. The molecular weight excluding hydrogens is 324 g/mol. The lowest BCUT2D eigenvalue weighted by Gasteiger charge is -2.10. The summed E-state index contributed by atoms with van der Waals surface area (Å²) >= 11 is 0. The van der Waals surface area contributed by atoms with E-state index in [4.69, 9.17) is 10.1 Å². The molecule has 0 saturated carbocycles. The topological polar surface area (TPSA) is 118 Å². The number of non-ortho nitro benzene ring substituents is 1. The summed E-state index contributed by atoms with van der Waals surface area (Å²) in [7, 11) is 0. The number of oxime groups is 1. The van der Waals surface area contributed by atoms with Gasteiger partial charge in [0, 0.05) is 23.4 Å². The molecule has 0 aliphatic carbocycles. The van der Waals surface area contributed by atoms with E-state index in [1.54, 1.807) is 24.3 Å². The first kappa shape index (κ1) is 17.6. The number of benzene rings is 2. The highest BCUT2D eigenvalue weighted by atomic mass is 16.6. The van der Waals surface area contributed by atoms with Crippen LogP contribution in [0, 0.1) is 21.4 Å². The fraction of sp³-hybridized carbons (Fsp3) is 0.118. The summed E-state index contributed by atoms with van der Waals surface area (Å²) in [5, 5.41) is 25.8. The zero-order valence-electron chi connectivity index (χ0n) is 13.2. The zero-order chi connectivity index (χ0) is 18.2. The van der Waals surface area contributed by atoms with E-state index in [-0.39, 0.29) is 5.69 Å². The molecule has 1 amide bonds. The van der Waals surface area contributed by atoms with Crippen LogP contribution in [0.3, 0.4) is 0 Å². The third kappa shape index (κ3) is 5.14. The van der Waals surface area contributed by atoms with Gasteiger partial charge in [-0.15, -0.1) is 0 Å². The molecule has 1 N–H and O–H groups in total. The number of nitro benzene ring substituents is 1. The van der Waals surface area contributed by atoms with E-state index in [1.807, 2.05) is 6.07 Å². The lowest BCUT2D eigenvalue weighted by molar-refractivity contribution is -0.384. The number of hydrogen-bond acceptors (Lipinski definition) is 6. The number of anilines is 1. The van der Waals surface area contributed by atoms with E-state index in [9.17, 15) is 14.9 Å². The Morgan fingerprint density at radius 2 is 2.12 bits per heavy atom. The quantitative estimate of drug-likeness (QED) is 0.493. The second-order valence-electron chi connectivity index (χ2n) is 5.02. The predicted octanol–water partition coefficient (Wildman–Crippen LogP) is 2.84. The summed E-state index contributed by atoms with van der Waals surface area (Å²) in [5.74, 6) is -0.439. The molecule has 1 atom stereocenters. The number of amides is 1. The number of nitro groups is 1. The van der Waals surface area contributed by atoms with Crippen LogP contribution < -0.4 is 5.32 Å². The molecular formula is C17H14N4O4. The number of nitrogens with one attached hydrogen (secondary N) is 1. The maximum Gasteiger partial charge on any atom is 0.270 e. The van der Waals surface area contributed by atoms with Crippen LogP contribution in [0.15, 0.2) is 53.7 Å². The van der Waals surface area contributed by atoms with Crippen molar-refractivity contribution >= 4 is 23.5 Å². The van der Waals surface area contributed by atoms with E-state index in [2.05, 4.69) is 10.5 Å². The van der Waals surface area contributed by atoms with Crippen LogP contribution in [0.2, 0.25) is 0 Å². The molecule has 8 nitrogen and oxygen atoms in total. The van der Waals surface area contributed by atoms with Gasteiger partial charge in [0.05, 0.1) is 22.8 Å². The Bertz CT molecular complexity index is 858. The monoisotopic (exact) mass is 338 g/mol. The van der Waals surface area contributed by atoms with E-state index in [0.717, 1.165) is 0 Å². The number of nitrogens with zero attached hydrogens (tertiary/aromatic N) is 3. The maximum absolute atomic E-state index is 12.0. The molecule has 0 aromatic heterocycles. The van der Waals surface area contributed by atoms with Crippen molar-refractivity contribution in [2.24, 2.45) is 5.16 Å². The Labute approximate surface area is 143 Å². The average Bonchev–Trinajstić information content (AvgIpc) is 2.62. The van der Waals surface area contributed by atoms with Crippen molar-refractivity contribution in [2.75, 3.05) is 5.32 Å². The predicted molar refractivity (Wildman–Crippen MR) is 91.0 cm³/mol. The molecule has 2 aromatic rings. The Balaban J connectivity index is 1.93. The van der Waals surface area contributed by atoms with Gasteiger partial charge in [-0.05, 0) is 25.1 Å². The van der Waals surface area contributed by atoms with Crippen LogP contribution in [0.4, 0.5) is 11.4 Å². The second-order valence-corrected chi connectivity index (χ2v) is 5.02. The van der Waals surface area contributed by atoms with Crippen molar-refractivity contribution in [1.82, 2.24) is 0 Å². The normalized spacial score (nSPS) is 11.5. The molecule has 0 heterocycles. The van der Waals surface area contributed by atoms with Crippen molar-refractivity contribution in [3.63, 3.8) is 0 Å². The van der Waals surface area contributed by atoms with Crippen LogP contribution in [0.25, 0.3) is 0 Å². The summed E-state index contributed by atoms with van der Waals surface area (Å²) in [6, 6.07) is 14.3. The SMILES string of the molecule is C[C@@H](O/N=C\c1cccc([N+](=O)[O-])c1)C(=O)Nc1cccc(C#N)c1. The lowest BCUT2D eigenvalue weighted by atomic mass is 10.2. The van der Waals surface area contributed by atoms with Gasteiger partial charge in [-0.3, -0.25) is 14.9 Å². The van der Waals surface area contributed by atoms with Crippen LogP contribution in [-0.2, 0) is 9.63 Å². The molecule has 0 spiro atoms. The van der Waals surface area contributed by atoms with Crippen molar-refractivity contribution in [3.05, 3.63) is 69.8 Å². The van der Waals surface area contributed by atoms with Crippen molar-refractivity contribution in [2.45, 2.75) is 13.0 Å². The summed E-state index contributed by atoms with van der Waals surface area (Å²) < 4.78 is 0. The van der Waals surface area contributed by atoms with Gasteiger partial charge in [0.1, 0.15) is 0 Å². The van der Waals surface area contributed by atoms with Gasteiger partial charge in [-0.2, -0.15) is 5.26 Å². The number of hydrogen-bond donors (Lipinski definition) is 1. The van der Waals surface area contributed by atoms with Gasteiger partial charge in [-0.1, -0.05) is 23.4 Å². The fourth-order valence-corrected chi connectivity index (χ4v) is 1.86. The highest BCUT2D eigenvalue weighted by Gasteiger charge is 2.14. The number of rotatable bonds is 6. The van der Waals surface area contributed by atoms with Crippen LogP contribution >= 0.6 is 0 Å². The molecule has 0 aliphatic rings. The molecule has 126 valence electrons. The third-order valence-electron chi connectivity index (χ3n) is 3.13. The summed E-state index contributed by atoms with van der Waals surface area (Å²) in [5.41, 5.74) is 1.31. The Hall–Kier alpha value is -3.73. The minimum absolute atomic E-state index is 0.0629. The molecule has 0 radical (unpaired) electrons. The third-order valence-corrected chi connectivity index (χ3v) is 3.13. The molecule has 0 unspecified atom stereocenters. The molecule has 2 rings (SSSR count). The number of nitriles is 1. The highest BCUT2D eigenvalue weighted by molar-refractivity contribution is 5.94. The first-order valence-electron chi connectivity index (χ1n) is 7.24. The van der Waals surface area contributed by atoms with Crippen LogP contribution in [0.1, 0.15) is 18.1 Å². The van der Waals surface area contributed by atoms with Crippen LogP contribution in [-0.4, -0.2) is 23.1 Å². The number of carbonyl (C=O) groups is 1. The smallest absolute Gasteiger partial charge is 0.270 e. The van der Waals surface area contributed by atoms with E-state index < -0.39 is 16.9 Å². The Kier molecular flexibility index (Phi) is 5.79. The van der Waals surface area contributed by atoms with E-state index in [0.29, 0.717) is 16.8 Å². The average molecular weight is 338 g/mol. The lowest BCUT2D eigenvalue weighted by Crippen LogP contribution is -2.26.